The number of rotatable bonds is 8. The van der Waals surface area contributed by atoms with Gasteiger partial charge in [-0.05, 0) is 44.5 Å². The number of nitrogens with zero attached hydrogens (tertiary/aromatic N) is 1. The summed E-state index contributed by atoms with van der Waals surface area (Å²) in [5.41, 5.74) is 0. The van der Waals surface area contributed by atoms with E-state index in [-0.39, 0.29) is 0 Å². The van der Waals surface area contributed by atoms with Gasteiger partial charge >= 0.3 is 0 Å². The maximum absolute atomic E-state index is 3.58. The summed E-state index contributed by atoms with van der Waals surface area (Å²) >= 11 is 1.97. The Morgan fingerprint density at radius 2 is 2.06 bits per heavy atom. The number of hydrogen-bond acceptors (Lipinski definition) is 3. The summed E-state index contributed by atoms with van der Waals surface area (Å²) in [5, 5.41) is 3.58. The number of nitrogens with one attached hydrogen (secondary N) is 1. The molecule has 1 fully saturated rings. The van der Waals surface area contributed by atoms with Crippen LogP contribution in [0.5, 0.6) is 0 Å². The minimum absolute atomic E-state index is 0.813. The maximum atomic E-state index is 3.58. The van der Waals surface area contributed by atoms with Crippen molar-refractivity contribution < 1.29 is 0 Å². The lowest BCUT2D eigenvalue weighted by atomic mass is 10.3. The molecule has 0 spiro atoms. The lowest BCUT2D eigenvalue weighted by molar-refractivity contribution is 0.283. The SMILES string of the molecule is CCCN(CC)Cc1ccc(CNC2CC2)s1. The largest absolute Gasteiger partial charge is 0.309 e. The molecule has 0 atom stereocenters. The van der Waals surface area contributed by atoms with Crippen LogP contribution in [0, 0.1) is 0 Å². The summed E-state index contributed by atoms with van der Waals surface area (Å²) in [5.74, 6) is 0. The third-order valence-electron chi connectivity index (χ3n) is 3.23. The van der Waals surface area contributed by atoms with E-state index >= 15 is 0 Å². The van der Waals surface area contributed by atoms with Gasteiger partial charge in [0.1, 0.15) is 0 Å². The van der Waals surface area contributed by atoms with Crippen LogP contribution < -0.4 is 5.32 Å². The van der Waals surface area contributed by atoms with Crippen LogP contribution in [0.15, 0.2) is 12.1 Å². The van der Waals surface area contributed by atoms with E-state index in [2.05, 4.69) is 36.2 Å². The fourth-order valence-electron chi connectivity index (χ4n) is 2.02. The fraction of sp³-hybridized carbons (Fsp3) is 0.714. The second-order valence-electron chi connectivity index (χ2n) is 4.89. The van der Waals surface area contributed by atoms with Gasteiger partial charge in [0, 0.05) is 28.9 Å². The highest BCUT2D eigenvalue weighted by molar-refractivity contribution is 7.11. The molecule has 1 aliphatic rings. The standard InChI is InChI=1S/C14H24N2S/c1-3-9-16(4-2)11-14-8-7-13(17-14)10-15-12-5-6-12/h7-8,12,15H,3-6,9-11H2,1-2H3. The molecule has 1 aromatic heterocycles. The Morgan fingerprint density at radius 3 is 2.71 bits per heavy atom. The Kier molecular flexibility index (Phi) is 5.01. The van der Waals surface area contributed by atoms with Gasteiger partial charge in [-0.2, -0.15) is 0 Å². The maximum Gasteiger partial charge on any atom is 0.0327 e. The molecule has 96 valence electrons. The van der Waals surface area contributed by atoms with Gasteiger partial charge < -0.3 is 5.32 Å². The molecule has 1 aliphatic carbocycles. The van der Waals surface area contributed by atoms with Gasteiger partial charge in [0.2, 0.25) is 0 Å². The summed E-state index contributed by atoms with van der Waals surface area (Å²) in [4.78, 5) is 5.51. The molecule has 0 aromatic carbocycles. The first-order valence-electron chi connectivity index (χ1n) is 6.85. The molecule has 3 heteroatoms. The molecule has 2 nitrogen and oxygen atoms in total. The van der Waals surface area contributed by atoms with Crippen molar-refractivity contribution in [2.24, 2.45) is 0 Å². The van der Waals surface area contributed by atoms with Gasteiger partial charge in [-0.25, -0.2) is 0 Å². The Morgan fingerprint density at radius 1 is 1.29 bits per heavy atom. The molecule has 0 bridgehead atoms. The first-order chi connectivity index (χ1) is 8.31. The van der Waals surface area contributed by atoms with Crippen molar-refractivity contribution in [3.8, 4) is 0 Å². The van der Waals surface area contributed by atoms with E-state index < -0.39 is 0 Å². The molecule has 1 heterocycles. The van der Waals surface area contributed by atoms with E-state index in [1.807, 2.05) is 11.3 Å². The highest BCUT2D eigenvalue weighted by Crippen LogP contribution is 2.22. The molecule has 0 radical (unpaired) electrons. The second-order valence-corrected chi connectivity index (χ2v) is 6.14. The first kappa shape index (κ1) is 13.1. The smallest absolute Gasteiger partial charge is 0.0327 e. The van der Waals surface area contributed by atoms with Crippen molar-refractivity contribution in [2.45, 2.75) is 52.2 Å². The zero-order valence-electron chi connectivity index (χ0n) is 11.0. The quantitative estimate of drug-likeness (QED) is 0.764. The minimum Gasteiger partial charge on any atom is -0.309 e. The summed E-state index contributed by atoms with van der Waals surface area (Å²) in [6, 6.07) is 5.40. The molecule has 0 aliphatic heterocycles. The van der Waals surface area contributed by atoms with Crippen molar-refractivity contribution in [1.82, 2.24) is 10.2 Å². The number of thiophene rings is 1. The summed E-state index contributed by atoms with van der Waals surface area (Å²) in [6.07, 6.45) is 3.99. The lowest BCUT2D eigenvalue weighted by Crippen LogP contribution is -2.22. The molecule has 1 N–H and O–H groups in total. The monoisotopic (exact) mass is 252 g/mol. The number of hydrogen-bond donors (Lipinski definition) is 1. The van der Waals surface area contributed by atoms with Crippen LogP contribution in [0.1, 0.15) is 42.9 Å². The normalized spacial score (nSPS) is 15.7. The van der Waals surface area contributed by atoms with Crippen LogP contribution in [0.4, 0.5) is 0 Å². The summed E-state index contributed by atoms with van der Waals surface area (Å²) in [7, 11) is 0. The Balaban J connectivity index is 1.79. The van der Waals surface area contributed by atoms with E-state index in [1.54, 1.807) is 0 Å². The van der Waals surface area contributed by atoms with Gasteiger partial charge in [-0.1, -0.05) is 13.8 Å². The Hall–Kier alpha value is -0.380. The third-order valence-corrected chi connectivity index (χ3v) is 4.30. The van der Waals surface area contributed by atoms with Crippen molar-refractivity contribution in [2.75, 3.05) is 13.1 Å². The molecule has 0 amide bonds. The zero-order valence-corrected chi connectivity index (χ0v) is 11.9. The summed E-state index contributed by atoms with van der Waals surface area (Å²) < 4.78 is 0. The molecule has 2 rings (SSSR count). The first-order valence-corrected chi connectivity index (χ1v) is 7.66. The van der Waals surface area contributed by atoms with Gasteiger partial charge in [0.15, 0.2) is 0 Å². The van der Waals surface area contributed by atoms with Crippen LogP contribution in [-0.4, -0.2) is 24.0 Å². The van der Waals surface area contributed by atoms with Gasteiger partial charge in [-0.15, -0.1) is 11.3 Å². The molecular weight excluding hydrogens is 228 g/mol. The van der Waals surface area contributed by atoms with Crippen LogP contribution >= 0.6 is 11.3 Å². The Labute approximate surface area is 109 Å². The predicted octanol–water partition coefficient (Wildman–Crippen LogP) is 3.23. The average molecular weight is 252 g/mol. The Bertz CT molecular complexity index is 331. The van der Waals surface area contributed by atoms with E-state index in [0.29, 0.717) is 0 Å². The molecule has 1 saturated carbocycles. The summed E-state index contributed by atoms with van der Waals surface area (Å²) in [6.45, 7) is 9.06. The van der Waals surface area contributed by atoms with Crippen LogP contribution in [0.2, 0.25) is 0 Å². The highest BCUT2D eigenvalue weighted by Gasteiger charge is 2.20. The molecular formula is C14H24N2S. The van der Waals surface area contributed by atoms with Crippen molar-refractivity contribution >= 4 is 11.3 Å². The van der Waals surface area contributed by atoms with E-state index in [0.717, 1.165) is 25.7 Å². The van der Waals surface area contributed by atoms with E-state index in [9.17, 15) is 0 Å². The molecule has 17 heavy (non-hydrogen) atoms. The van der Waals surface area contributed by atoms with Gasteiger partial charge in [-0.3, -0.25) is 4.90 Å². The van der Waals surface area contributed by atoms with Gasteiger partial charge in [0.25, 0.3) is 0 Å². The predicted molar refractivity (Wildman–Crippen MR) is 75.4 cm³/mol. The van der Waals surface area contributed by atoms with Crippen LogP contribution in [0.3, 0.4) is 0 Å². The van der Waals surface area contributed by atoms with E-state index in [4.69, 9.17) is 0 Å². The molecule has 1 aromatic rings. The fourth-order valence-corrected chi connectivity index (χ4v) is 3.03. The minimum atomic E-state index is 0.813. The van der Waals surface area contributed by atoms with Gasteiger partial charge in [0.05, 0.1) is 0 Å². The van der Waals surface area contributed by atoms with Crippen molar-refractivity contribution in [1.29, 1.82) is 0 Å². The molecule has 0 saturated heterocycles. The highest BCUT2D eigenvalue weighted by atomic mass is 32.1. The molecule has 0 unspecified atom stereocenters. The lowest BCUT2D eigenvalue weighted by Gasteiger charge is -2.18. The third kappa shape index (κ3) is 4.41. The van der Waals surface area contributed by atoms with Crippen LogP contribution in [0.25, 0.3) is 0 Å². The van der Waals surface area contributed by atoms with Crippen molar-refractivity contribution in [3.63, 3.8) is 0 Å². The van der Waals surface area contributed by atoms with Crippen molar-refractivity contribution in [3.05, 3.63) is 21.9 Å². The second kappa shape index (κ2) is 6.53. The zero-order chi connectivity index (χ0) is 12.1. The average Bonchev–Trinajstić information content (AvgIpc) is 3.06. The van der Waals surface area contributed by atoms with Crippen LogP contribution in [-0.2, 0) is 13.1 Å². The topological polar surface area (TPSA) is 15.3 Å². The van der Waals surface area contributed by atoms with E-state index in [1.165, 1.54) is 35.6 Å².